The SMILES string of the molecule is CC1CCC(C(=O)O)CN1S(=O)(=O)N(C)Cc1c(F)cccc1Cl. The molecule has 1 N–H and O–H groups in total. The van der Waals surface area contributed by atoms with Crippen molar-refractivity contribution >= 4 is 27.8 Å². The number of hydrogen-bond acceptors (Lipinski definition) is 3. The summed E-state index contributed by atoms with van der Waals surface area (Å²) >= 11 is 5.95. The fourth-order valence-electron chi connectivity index (χ4n) is 2.76. The summed E-state index contributed by atoms with van der Waals surface area (Å²) in [7, 11) is -2.60. The number of carboxylic acids is 1. The van der Waals surface area contributed by atoms with Gasteiger partial charge >= 0.3 is 5.97 Å². The second kappa shape index (κ2) is 7.35. The summed E-state index contributed by atoms with van der Waals surface area (Å²) in [6.07, 6.45) is 0.899. The Morgan fingerprint density at radius 3 is 2.71 bits per heavy atom. The normalized spacial score (nSPS) is 22.7. The first-order valence-electron chi connectivity index (χ1n) is 7.53. The molecule has 0 aromatic heterocycles. The van der Waals surface area contributed by atoms with Crippen LogP contribution in [-0.2, 0) is 21.5 Å². The van der Waals surface area contributed by atoms with Crippen molar-refractivity contribution in [3.05, 3.63) is 34.6 Å². The summed E-state index contributed by atoms with van der Waals surface area (Å²) in [5.74, 6) is -2.33. The van der Waals surface area contributed by atoms with Gasteiger partial charge in [-0.3, -0.25) is 4.79 Å². The van der Waals surface area contributed by atoms with Crippen LogP contribution in [0, 0.1) is 11.7 Å². The average Bonchev–Trinajstić information content (AvgIpc) is 2.50. The first-order valence-corrected chi connectivity index (χ1v) is 9.31. The Hall–Kier alpha value is -1.22. The van der Waals surface area contributed by atoms with Crippen LogP contribution in [0.4, 0.5) is 4.39 Å². The lowest BCUT2D eigenvalue weighted by Crippen LogP contribution is -2.51. The Morgan fingerprint density at radius 1 is 1.46 bits per heavy atom. The maximum atomic E-state index is 13.9. The second-order valence-electron chi connectivity index (χ2n) is 6.00. The van der Waals surface area contributed by atoms with Crippen molar-refractivity contribution in [3.63, 3.8) is 0 Å². The van der Waals surface area contributed by atoms with Crippen LogP contribution in [0.5, 0.6) is 0 Å². The lowest BCUT2D eigenvalue weighted by Gasteiger charge is -2.37. The summed E-state index contributed by atoms with van der Waals surface area (Å²) in [5.41, 5.74) is 0.0877. The minimum Gasteiger partial charge on any atom is -0.481 e. The van der Waals surface area contributed by atoms with E-state index in [9.17, 15) is 17.6 Å². The summed E-state index contributed by atoms with van der Waals surface area (Å²) in [6, 6.07) is 3.83. The van der Waals surface area contributed by atoms with Gasteiger partial charge in [0.1, 0.15) is 5.82 Å². The summed E-state index contributed by atoms with van der Waals surface area (Å²) in [4.78, 5) is 11.2. The summed E-state index contributed by atoms with van der Waals surface area (Å²) in [5, 5.41) is 9.30. The molecule has 2 rings (SSSR count). The molecule has 24 heavy (non-hydrogen) atoms. The fourth-order valence-corrected chi connectivity index (χ4v) is 4.57. The molecule has 0 bridgehead atoms. The third-order valence-electron chi connectivity index (χ3n) is 4.31. The fraction of sp³-hybridized carbons (Fsp3) is 0.533. The predicted molar refractivity (Wildman–Crippen MR) is 88.3 cm³/mol. The lowest BCUT2D eigenvalue weighted by atomic mass is 9.96. The van der Waals surface area contributed by atoms with E-state index in [1.165, 1.54) is 29.6 Å². The molecule has 1 aliphatic rings. The largest absolute Gasteiger partial charge is 0.481 e. The van der Waals surface area contributed by atoms with E-state index in [0.717, 1.165) is 4.31 Å². The van der Waals surface area contributed by atoms with Crippen molar-refractivity contribution in [2.75, 3.05) is 13.6 Å². The summed E-state index contributed by atoms with van der Waals surface area (Å²) < 4.78 is 41.6. The quantitative estimate of drug-likeness (QED) is 0.853. The first kappa shape index (κ1) is 19.1. The number of piperidine rings is 1. The highest BCUT2D eigenvalue weighted by Crippen LogP contribution is 2.28. The van der Waals surface area contributed by atoms with E-state index >= 15 is 0 Å². The highest BCUT2D eigenvalue weighted by molar-refractivity contribution is 7.86. The van der Waals surface area contributed by atoms with Crippen LogP contribution < -0.4 is 0 Å². The molecule has 0 spiro atoms. The van der Waals surface area contributed by atoms with Gasteiger partial charge in [-0.2, -0.15) is 17.0 Å². The van der Waals surface area contributed by atoms with Crippen LogP contribution in [0.25, 0.3) is 0 Å². The minimum absolute atomic E-state index is 0.0877. The molecule has 1 aromatic rings. The molecule has 6 nitrogen and oxygen atoms in total. The highest BCUT2D eigenvalue weighted by atomic mass is 35.5. The number of rotatable bonds is 5. The zero-order valence-electron chi connectivity index (χ0n) is 13.4. The van der Waals surface area contributed by atoms with Gasteiger partial charge in [0, 0.05) is 36.8 Å². The third-order valence-corrected chi connectivity index (χ3v) is 6.68. The van der Waals surface area contributed by atoms with Crippen LogP contribution in [0.1, 0.15) is 25.3 Å². The summed E-state index contributed by atoms with van der Waals surface area (Å²) in [6.45, 7) is 1.42. The van der Waals surface area contributed by atoms with Crippen molar-refractivity contribution in [2.24, 2.45) is 5.92 Å². The third kappa shape index (κ3) is 3.88. The Morgan fingerprint density at radius 2 is 2.12 bits per heavy atom. The van der Waals surface area contributed by atoms with E-state index in [-0.39, 0.29) is 29.7 Å². The van der Waals surface area contributed by atoms with Crippen molar-refractivity contribution < 1.29 is 22.7 Å². The zero-order valence-corrected chi connectivity index (χ0v) is 15.0. The Kier molecular flexibility index (Phi) is 5.85. The number of benzene rings is 1. The number of carboxylic acid groups (broad SMARTS) is 1. The molecule has 2 unspecified atom stereocenters. The number of halogens is 2. The monoisotopic (exact) mass is 378 g/mol. The molecule has 0 radical (unpaired) electrons. The highest BCUT2D eigenvalue weighted by Gasteiger charge is 2.38. The van der Waals surface area contributed by atoms with Crippen molar-refractivity contribution in [1.29, 1.82) is 0 Å². The molecule has 1 fully saturated rings. The molecule has 134 valence electrons. The van der Waals surface area contributed by atoms with Gasteiger partial charge in [-0.1, -0.05) is 17.7 Å². The molecule has 1 aromatic carbocycles. The molecule has 2 atom stereocenters. The van der Waals surface area contributed by atoms with E-state index in [1.54, 1.807) is 6.92 Å². The van der Waals surface area contributed by atoms with Crippen molar-refractivity contribution in [3.8, 4) is 0 Å². The van der Waals surface area contributed by atoms with Crippen molar-refractivity contribution in [1.82, 2.24) is 8.61 Å². The number of aliphatic carboxylic acids is 1. The first-order chi connectivity index (χ1) is 11.1. The van der Waals surface area contributed by atoms with Crippen LogP contribution in [0.15, 0.2) is 18.2 Å². The smallest absolute Gasteiger partial charge is 0.307 e. The Bertz CT molecular complexity index is 708. The number of nitrogens with zero attached hydrogens (tertiary/aromatic N) is 2. The van der Waals surface area contributed by atoms with Gasteiger partial charge < -0.3 is 5.11 Å². The predicted octanol–water partition coefficient (Wildman–Crippen LogP) is 2.34. The lowest BCUT2D eigenvalue weighted by molar-refractivity contribution is -0.143. The van der Waals surface area contributed by atoms with Gasteiger partial charge in [-0.15, -0.1) is 0 Å². The van der Waals surface area contributed by atoms with Gasteiger partial charge in [0.15, 0.2) is 0 Å². The number of hydrogen-bond donors (Lipinski definition) is 1. The van der Waals surface area contributed by atoms with Crippen LogP contribution in [0.3, 0.4) is 0 Å². The molecule has 0 aliphatic carbocycles. The molecule has 0 amide bonds. The molecule has 0 saturated carbocycles. The topological polar surface area (TPSA) is 77.9 Å². The van der Waals surface area contributed by atoms with E-state index in [1.807, 2.05) is 0 Å². The van der Waals surface area contributed by atoms with Gasteiger partial charge in [0.25, 0.3) is 10.2 Å². The van der Waals surface area contributed by atoms with Gasteiger partial charge in [-0.05, 0) is 31.9 Å². The van der Waals surface area contributed by atoms with Gasteiger partial charge in [0.05, 0.1) is 5.92 Å². The number of carbonyl (C=O) groups is 1. The van der Waals surface area contributed by atoms with Crippen molar-refractivity contribution in [2.45, 2.75) is 32.4 Å². The van der Waals surface area contributed by atoms with Gasteiger partial charge in [0.2, 0.25) is 0 Å². The molecular weight excluding hydrogens is 359 g/mol. The molecule has 1 saturated heterocycles. The Labute approximate surface area is 146 Å². The van der Waals surface area contributed by atoms with Crippen LogP contribution in [-0.4, -0.2) is 47.7 Å². The molecule has 9 heteroatoms. The van der Waals surface area contributed by atoms with E-state index in [0.29, 0.717) is 12.8 Å². The minimum atomic E-state index is -3.93. The Balaban J connectivity index is 2.23. The van der Waals surface area contributed by atoms with Gasteiger partial charge in [-0.25, -0.2) is 4.39 Å². The van der Waals surface area contributed by atoms with E-state index in [2.05, 4.69) is 0 Å². The standard InChI is InChI=1S/C15H20ClFN2O4S/c1-10-6-7-11(15(20)21)8-19(10)24(22,23)18(2)9-12-13(16)4-3-5-14(12)17/h3-5,10-11H,6-9H2,1-2H3,(H,20,21). The molecular formula is C15H20ClFN2O4S. The average molecular weight is 379 g/mol. The maximum Gasteiger partial charge on any atom is 0.307 e. The molecule has 1 aliphatic heterocycles. The maximum absolute atomic E-state index is 13.9. The van der Waals surface area contributed by atoms with E-state index in [4.69, 9.17) is 16.7 Å². The van der Waals surface area contributed by atoms with Crippen LogP contribution in [0.2, 0.25) is 5.02 Å². The second-order valence-corrected chi connectivity index (χ2v) is 8.39. The van der Waals surface area contributed by atoms with Crippen LogP contribution >= 0.6 is 11.6 Å². The van der Waals surface area contributed by atoms with E-state index < -0.39 is 27.9 Å². The zero-order chi connectivity index (χ0) is 18.1. The molecule has 1 heterocycles.